The number of pyridine rings is 2. The molecule has 0 radical (unpaired) electrons. The van der Waals surface area contributed by atoms with E-state index in [4.69, 9.17) is 0 Å². The summed E-state index contributed by atoms with van der Waals surface area (Å²) < 4.78 is 2.23. The molecule has 4 aromatic rings. The Morgan fingerprint density at radius 3 is 2.72 bits per heavy atom. The molecule has 1 aliphatic rings. The Hall–Kier alpha value is -3.51. The minimum absolute atomic E-state index is 0.207. The minimum Gasteiger partial charge on any atom is -0.287 e. The highest BCUT2D eigenvalue weighted by molar-refractivity contribution is 7.12. The molecule has 0 N–H and O–H groups in total. The number of ketones is 2. The third-order valence-corrected chi connectivity index (χ3v) is 5.92. The fourth-order valence-electron chi connectivity index (χ4n) is 3.69. The monoisotopic (exact) mass is 398 g/mol. The number of carbonyl (C=O) groups is 2. The second-order valence-electron chi connectivity index (χ2n) is 6.75. The van der Waals surface area contributed by atoms with Crippen LogP contribution < -0.4 is 4.57 Å². The second kappa shape index (κ2) is 6.83. The zero-order valence-corrected chi connectivity index (χ0v) is 16.4. The Morgan fingerprint density at radius 2 is 1.86 bits per heavy atom. The summed E-state index contributed by atoms with van der Waals surface area (Å²) in [5.74, 6) is -0.473. The first-order valence-corrected chi connectivity index (χ1v) is 10.2. The summed E-state index contributed by atoms with van der Waals surface area (Å²) in [6.45, 7) is 2.95. The van der Waals surface area contributed by atoms with Gasteiger partial charge < -0.3 is 0 Å². The van der Waals surface area contributed by atoms with Crippen molar-refractivity contribution in [1.82, 2.24) is 9.97 Å². The van der Waals surface area contributed by atoms with Gasteiger partial charge in [0, 0.05) is 29.8 Å². The predicted molar refractivity (Wildman–Crippen MR) is 112 cm³/mol. The first-order chi connectivity index (χ1) is 14.2. The van der Waals surface area contributed by atoms with Crippen LogP contribution in [0.2, 0.25) is 0 Å². The topological polar surface area (TPSA) is 63.8 Å². The normalized spacial score (nSPS) is 13.1. The van der Waals surface area contributed by atoms with Crippen LogP contribution in [0.5, 0.6) is 0 Å². The number of hydrogen-bond acceptors (Lipinski definition) is 5. The summed E-state index contributed by atoms with van der Waals surface area (Å²) in [6, 6.07) is 14.2. The molecule has 0 aliphatic heterocycles. The molecule has 0 bridgehead atoms. The molecule has 5 rings (SSSR count). The molecule has 0 unspecified atom stereocenters. The Labute approximate surface area is 171 Å². The van der Waals surface area contributed by atoms with Crippen LogP contribution >= 0.6 is 11.3 Å². The van der Waals surface area contributed by atoms with E-state index in [1.54, 1.807) is 12.3 Å². The maximum atomic E-state index is 12.7. The third-order valence-electron chi connectivity index (χ3n) is 5.09. The molecule has 0 saturated carbocycles. The van der Waals surface area contributed by atoms with Gasteiger partial charge in [0.2, 0.25) is 22.8 Å². The van der Waals surface area contributed by atoms with Crippen LogP contribution in [-0.2, 0) is 6.54 Å². The van der Waals surface area contributed by atoms with Crippen LogP contribution in [0.25, 0.3) is 23.1 Å². The van der Waals surface area contributed by atoms with Gasteiger partial charge >= 0.3 is 0 Å². The number of aromatic nitrogens is 3. The van der Waals surface area contributed by atoms with Gasteiger partial charge in [-0.2, -0.15) is 4.57 Å². The van der Waals surface area contributed by atoms with Gasteiger partial charge in [0.1, 0.15) is 22.8 Å². The highest BCUT2D eigenvalue weighted by atomic mass is 32.1. The van der Waals surface area contributed by atoms with Crippen LogP contribution in [0.1, 0.15) is 49.6 Å². The van der Waals surface area contributed by atoms with Gasteiger partial charge in [0.25, 0.3) is 0 Å². The molecule has 0 spiro atoms. The average Bonchev–Trinajstić information content (AvgIpc) is 3.26. The Kier molecular flexibility index (Phi) is 4.14. The molecule has 0 saturated heterocycles. The molecule has 6 heteroatoms. The van der Waals surface area contributed by atoms with Crippen LogP contribution in [0.15, 0.2) is 54.2 Å². The largest absolute Gasteiger partial charge is 0.287 e. The summed E-state index contributed by atoms with van der Waals surface area (Å²) in [5, 5.41) is 1.19. The first kappa shape index (κ1) is 17.6. The quantitative estimate of drug-likeness (QED) is 0.432. The molecular formula is C23H16N3O2S+. The van der Waals surface area contributed by atoms with Crippen molar-refractivity contribution in [2.75, 3.05) is 0 Å². The van der Waals surface area contributed by atoms with Gasteiger partial charge in [-0.1, -0.05) is 12.1 Å². The van der Waals surface area contributed by atoms with E-state index in [2.05, 4.69) is 45.7 Å². The van der Waals surface area contributed by atoms with Crippen molar-refractivity contribution in [3.05, 3.63) is 87.3 Å². The van der Waals surface area contributed by atoms with Crippen molar-refractivity contribution in [1.29, 1.82) is 0 Å². The molecule has 1 aliphatic carbocycles. The summed E-state index contributed by atoms with van der Waals surface area (Å²) >= 11 is 1.18. The summed E-state index contributed by atoms with van der Waals surface area (Å²) in [6.07, 6.45) is 5.55. The molecule has 0 atom stereocenters. The average molecular weight is 398 g/mol. The van der Waals surface area contributed by atoms with Crippen molar-refractivity contribution in [2.45, 2.75) is 13.5 Å². The number of fused-ring (bicyclic) bond motifs is 3. The van der Waals surface area contributed by atoms with Gasteiger partial charge in [-0.3, -0.25) is 14.6 Å². The fourth-order valence-corrected chi connectivity index (χ4v) is 4.41. The number of carbonyl (C=O) groups excluding carboxylic acids is 2. The Balaban J connectivity index is 1.54. The van der Waals surface area contributed by atoms with Gasteiger partial charge in [-0.05, 0) is 36.8 Å². The predicted octanol–water partition coefficient (Wildman–Crippen LogP) is 3.94. The van der Waals surface area contributed by atoms with E-state index in [1.165, 1.54) is 22.2 Å². The highest BCUT2D eigenvalue weighted by Crippen LogP contribution is 2.28. The third kappa shape index (κ3) is 2.80. The van der Waals surface area contributed by atoms with E-state index in [1.807, 2.05) is 24.3 Å². The van der Waals surface area contributed by atoms with E-state index in [0.29, 0.717) is 10.4 Å². The van der Waals surface area contributed by atoms with Crippen molar-refractivity contribution < 1.29 is 14.2 Å². The van der Waals surface area contributed by atoms with Gasteiger partial charge in [0.05, 0.1) is 11.1 Å². The fraction of sp³-hybridized carbons (Fsp3) is 0.0870. The van der Waals surface area contributed by atoms with E-state index in [-0.39, 0.29) is 23.0 Å². The summed E-state index contributed by atoms with van der Waals surface area (Å²) in [5.41, 5.74) is 5.26. The lowest BCUT2D eigenvalue weighted by Gasteiger charge is -2.12. The highest BCUT2D eigenvalue weighted by Gasteiger charge is 2.33. The molecule has 1 aromatic carbocycles. The molecule has 0 amide bonds. The lowest BCUT2D eigenvalue weighted by Crippen LogP contribution is -2.36. The molecule has 5 nitrogen and oxygen atoms in total. The summed E-state index contributed by atoms with van der Waals surface area (Å²) in [4.78, 5) is 34.0. The van der Waals surface area contributed by atoms with Crippen molar-refractivity contribution in [3.63, 3.8) is 0 Å². The van der Waals surface area contributed by atoms with Gasteiger partial charge in [-0.25, -0.2) is 4.98 Å². The number of benzene rings is 1. The Morgan fingerprint density at radius 1 is 1.00 bits per heavy atom. The van der Waals surface area contributed by atoms with Crippen LogP contribution in [0, 0.1) is 0 Å². The Bertz CT molecular complexity index is 1340. The molecular weight excluding hydrogens is 382 g/mol. The number of rotatable bonds is 3. The SMILES string of the molecule is CC[n+]1c(/C=C/c2cnc3c(c2)C(=O)c2ncsc2C3=O)ccc2ccccc21. The number of para-hydroxylation sites is 1. The van der Waals surface area contributed by atoms with Crippen LogP contribution in [-0.4, -0.2) is 21.5 Å². The molecule has 3 heterocycles. The number of aryl methyl sites for hydroxylation is 1. The van der Waals surface area contributed by atoms with E-state index in [9.17, 15) is 9.59 Å². The molecule has 140 valence electrons. The van der Waals surface area contributed by atoms with Gasteiger partial charge in [-0.15, -0.1) is 11.3 Å². The molecule has 0 fully saturated rings. The molecule has 29 heavy (non-hydrogen) atoms. The van der Waals surface area contributed by atoms with Crippen LogP contribution in [0.3, 0.4) is 0 Å². The standard InChI is InChI=1S/C23H16N3O2S/c1-2-26-16(10-8-15-5-3-4-6-18(15)26)9-7-14-11-17-19(24-12-14)22(28)23-20(21(17)27)25-13-29-23/h3-13H,2H2,1H3/q+1. The smallest absolute Gasteiger partial charge is 0.224 e. The lowest BCUT2D eigenvalue weighted by atomic mass is 9.94. The van der Waals surface area contributed by atoms with Crippen molar-refractivity contribution in [3.8, 4) is 0 Å². The maximum absolute atomic E-state index is 12.7. The van der Waals surface area contributed by atoms with E-state index in [0.717, 1.165) is 23.3 Å². The lowest BCUT2D eigenvalue weighted by molar-refractivity contribution is -0.669. The number of hydrogen-bond donors (Lipinski definition) is 0. The van der Waals surface area contributed by atoms with E-state index < -0.39 is 0 Å². The molecule has 3 aromatic heterocycles. The van der Waals surface area contributed by atoms with Crippen LogP contribution in [0.4, 0.5) is 0 Å². The minimum atomic E-state index is -0.243. The number of nitrogens with zero attached hydrogens (tertiary/aromatic N) is 3. The second-order valence-corrected chi connectivity index (χ2v) is 7.60. The van der Waals surface area contributed by atoms with Crippen molar-refractivity contribution >= 4 is 46.0 Å². The van der Waals surface area contributed by atoms with Gasteiger partial charge in [0.15, 0.2) is 0 Å². The zero-order valence-electron chi connectivity index (χ0n) is 15.6. The number of thiazole rings is 1. The van der Waals surface area contributed by atoms with Crippen molar-refractivity contribution in [2.24, 2.45) is 0 Å². The zero-order chi connectivity index (χ0) is 20.0. The first-order valence-electron chi connectivity index (χ1n) is 9.30. The summed E-state index contributed by atoms with van der Waals surface area (Å²) in [7, 11) is 0. The maximum Gasteiger partial charge on any atom is 0.224 e. The van der Waals surface area contributed by atoms with E-state index >= 15 is 0 Å².